The molecule has 16 heavy (non-hydrogen) atoms. The third kappa shape index (κ3) is 3.24. The van der Waals surface area contributed by atoms with E-state index < -0.39 is 0 Å². The summed E-state index contributed by atoms with van der Waals surface area (Å²) in [6.07, 6.45) is 2.57. The van der Waals surface area contributed by atoms with E-state index in [1.54, 1.807) is 0 Å². The Morgan fingerprint density at radius 2 is 2.00 bits per heavy atom. The van der Waals surface area contributed by atoms with Gasteiger partial charge < -0.3 is 10.1 Å². The summed E-state index contributed by atoms with van der Waals surface area (Å²) in [7, 11) is 0. The monoisotopic (exact) mass is 219 g/mol. The SMILES string of the molecule is Cc1cc(C)cc(OCC2CCCNC2)c1. The van der Waals surface area contributed by atoms with Gasteiger partial charge in [-0.15, -0.1) is 0 Å². The van der Waals surface area contributed by atoms with Crippen LogP contribution < -0.4 is 10.1 Å². The number of nitrogens with one attached hydrogen (secondary N) is 1. The Morgan fingerprint density at radius 1 is 1.25 bits per heavy atom. The molecule has 0 aliphatic carbocycles. The molecule has 1 N–H and O–H groups in total. The molecule has 1 fully saturated rings. The highest BCUT2D eigenvalue weighted by Gasteiger charge is 2.13. The zero-order valence-corrected chi connectivity index (χ0v) is 10.3. The molecule has 0 saturated carbocycles. The van der Waals surface area contributed by atoms with Gasteiger partial charge in [-0.2, -0.15) is 0 Å². The van der Waals surface area contributed by atoms with Gasteiger partial charge in [-0.25, -0.2) is 0 Å². The second kappa shape index (κ2) is 5.35. The van der Waals surface area contributed by atoms with E-state index in [9.17, 15) is 0 Å². The average molecular weight is 219 g/mol. The maximum atomic E-state index is 5.87. The van der Waals surface area contributed by atoms with Crippen LogP contribution in [0.15, 0.2) is 18.2 Å². The van der Waals surface area contributed by atoms with E-state index in [0.717, 1.165) is 18.9 Å². The quantitative estimate of drug-likeness (QED) is 0.844. The van der Waals surface area contributed by atoms with Gasteiger partial charge in [0.15, 0.2) is 0 Å². The molecular weight excluding hydrogens is 198 g/mol. The van der Waals surface area contributed by atoms with Crippen molar-refractivity contribution in [1.82, 2.24) is 5.32 Å². The molecule has 1 aromatic rings. The van der Waals surface area contributed by atoms with Crippen LogP contribution in [0, 0.1) is 19.8 Å². The Kier molecular flexibility index (Phi) is 3.83. The molecule has 2 rings (SSSR count). The number of hydrogen-bond donors (Lipinski definition) is 1. The molecule has 1 aliphatic heterocycles. The van der Waals surface area contributed by atoms with Crippen molar-refractivity contribution < 1.29 is 4.74 Å². The Balaban J connectivity index is 1.88. The van der Waals surface area contributed by atoms with Crippen LogP contribution in [0.3, 0.4) is 0 Å². The van der Waals surface area contributed by atoms with Gasteiger partial charge in [-0.1, -0.05) is 6.07 Å². The van der Waals surface area contributed by atoms with Crippen molar-refractivity contribution >= 4 is 0 Å². The lowest BCUT2D eigenvalue weighted by molar-refractivity contribution is 0.218. The smallest absolute Gasteiger partial charge is 0.119 e. The molecular formula is C14H21NO. The molecule has 1 heterocycles. The van der Waals surface area contributed by atoms with E-state index >= 15 is 0 Å². The number of aryl methyl sites for hydroxylation is 2. The van der Waals surface area contributed by atoms with Crippen molar-refractivity contribution in [3.05, 3.63) is 29.3 Å². The highest BCUT2D eigenvalue weighted by molar-refractivity contribution is 5.32. The summed E-state index contributed by atoms with van der Waals surface area (Å²) in [5.74, 6) is 1.69. The van der Waals surface area contributed by atoms with Crippen molar-refractivity contribution in [2.24, 2.45) is 5.92 Å². The number of benzene rings is 1. The minimum Gasteiger partial charge on any atom is -0.493 e. The molecule has 0 aromatic heterocycles. The van der Waals surface area contributed by atoms with Crippen molar-refractivity contribution in [1.29, 1.82) is 0 Å². The second-order valence-corrected chi connectivity index (χ2v) is 4.85. The Bertz CT molecular complexity index is 322. The number of hydrogen-bond acceptors (Lipinski definition) is 2. The molecule has 1 atom stereocenters. The van der Waals surface area contributed by atoms with E-state index in [2.05, 4.69) is 37.4 Å². The van der Waals surface area contributed by atoms with Crippen LogP contribution in [0.2, 0.25) is 0 Å². The third-order valence-corrected chi connectivity index (χ3v) is 3.08. The first kappa shape index (κ1) is 11.5. The molecule has 1 unspecified atom stereocenters. The van der Waals surface area contributed by atoms with Crippen molar-refractivity contribution in [3.8, 4) is 5.75 Å². The van der Waals surface area contributed by atoms with E-state index in [4.69, 9.17) is 4.74 Å². The Hall–Kier alpha value is -1.02. The lowest BCUT2D eigenvalue weighted by Gasteiger charge is -2.22. The number of rotatable bonds is 3. The molecule has 0 radical (unpaired) electrons. The molecule has 0 spiro atoms. The van der Waals surface area contributed by atoms with Gasteiger partial charge in [0, 0.05) is 12.5 Å². The van der Waals surface area contributed by atoms with Crippen molar-refractivity contribution in [3.63, 3.8) is 0 Å². The second-order valence-electron chi connectivity index (χ2n) is 4.85. The summed E-state index contributed by atoms with van der Waals surface area (Å²) in [5.41, 5.74) is 2.55. The predicted octanol–water partition coefficient (Wildman–Crippen LogP) is 2.68. The van der Waals surface area contributed by atoms with Gasteiger partial charge in [0.2, 0.25) is 0 Å². The van der Waals surface area contributed by atoms with Crippen molar-refractivity contribution in [2.75, 3.05) is 19.7 Å². The first-order valence-corrected chi connectivity index (χ1v) is 6.16. The van der Waals surface area contributed by atoms with Crippen LogP contribution in [-0.4, -0.2) is 19.7 Å². The molecule has 1 aromatic carbocycles. The van der Waals surface area contributed by atoms with Crippen LogP contribution in [0.5, 0.6) is 5.75 Å². The van der Waals surface area contributed by atoms with Gasteiger partial charge in [0.1, 0.15) is 5.75 Å². The molecule has 1 saturated heterocycles. The van der Waals surface area contributed by atoms with E-state index in [0.29, 0.717) is 5.92 Å². The minimum absolute atomic E-state index is 0.676. The van der Waals surface area contributed by atoms with Crippen LogP contribution in [-0.2, 0) is 0 Å². The molecule has 0 amide bonds. The minimum atomic E-state index is 0.676. The van der Waals surface area contributed by atoms with Crippen LogP contribution >= 0.6 is 0 Å². The fourth-order valence-electron chi connectivity index (χ4n) is 2.30. The highest BCUT2D eigenvalue weighted by Crippen LogP contribution is 2.18. The normalized spacial score (nSPS) is 20.8. The summed E-state index contributed by atoms with van der Waals surface area (Å²) in [6, 6.07) is 6.40. The van der Waals surface area contributed by atoms with Crippen LogP contribution in [0.25, 0.3) is 0 Å². The fraction of sp³-hybridized carbons (Fsp3) is 0.571. The summed E-state index contributed by atoms with van der Waals surface area (Å²) in [6.45, 7) is 7.34. The summed E-state index contributed by atoms with van der Waals surface area (Å²) in [4.78, 5) is 0. The Labute approximate surface area is 98.0 Å². The first-order chi connectivity index (χ1) is 7.74. The van der Waals surface area contributed by atoms with Gasteiger partial charge in [-0.05, 0) is 56.5 Å². The summed E-state index contributed by atoms with van der Waals surface area (Å²) in [5, 5.41) is 3.41. The molecule has 0 bridgehead atoms. The Morgan fingerprint density at radius 3 is 2.62 bits per heavy atom. The molecule has 1 aliphatic rings. The van der Waals surface area contributed by atoms with Crippen LogP contribution in [0.1, 0.15) is 24.0 Å². The molecule has 2 heteroatoms. The lowest BCUT2D eigenvalue weighted by Crippen LogP contribution is -2.33. The first-order valence-electron chi connectivity index (χ1n) is 6.16. The fourth-order valence-corrected chi connectivity index (χ4v) is 2.30. The predicted molar refractivity (Wildman–Crippen MR) is 67.0 cm³/mol. The molecule has 2 nitrogen and oxygen atoms in total. The number of piperidine rings is 1. The van der Waals surface area contributed by atoms with E-state index in [1.165, 1.54) is 30.5 Å². The van der Waals surface area contributed by atoms with Gasteiger partial charge in [0.25, 0.3) is 0 Å². The maximum Gasteiger partial charge on any atom is 0.119 e. The van der Waals surface area contributed by atoms with Gasteiger partial charge in [0.05, 0.1) is 6.61 Å². The topological polar surface area (TPSA) is 21.3 Å². The van der Waals surface area contributed by atoms with Gasteiger partial charge >= 0.3 is 0 Å². The summed E-state index contributed by atoms with van der Waals surface area (Å²) < 4.78 is 5.87. The van der Waals surface area contributed by atoms with Crippen molar-refractivity contribution in [2.45, 2.75) is 26.7 Å². The zero-order chi connectivity index (χ0) is 11.4. The largest absolute Gasteiger partial charge is 0.493 e. The zero-order valence-electron chi connectivity index (χ0n) is 10.3. The van der Waals surface area contributed by atoms with Gasteiger partial charge in [-0.3, -0.25) is 0 Å². The average Bonchev–Trinajstić information content (AvgIpc) is 2.27. The lowest BCUT2D eigenvalue weighted by atomic mass is 10.0. The standard InChI is InChI=1S/C14H21NO/c1-11-6-12(2)8-14(7-11)16-10-13-4-3-5-15-9-13/h6-8,13,15H,3-5,9-10H2,1-2H3. The molecule has 88 valence electrons. The third-order valence-electron chi connectivity index (χ3n) is 3.08. The maximum absolute atomic E-state index is 5.87. The van der Waals surface area contributed by atoms with E-state index in [-0.39, 0.29) is 0 Å². The summed E-state index contributed by atoms with van der Waals surface area (Å²) >= 11 is 0. The van der Waals surface area contributed by atoms with Crippen LogP contribution in [0.4, 0.5) is 0 Å². The van der Waals surface area contributed by atoms with E-state index in [1.807, 2.05) is 0 Å². The number of ether oxygens (including phenoxy) is 1. The highest BCUT2D eigenvalue weighted by atomic mass is 16.5.